The molecule has 6 amide bonds. The summed E-state index contributed by atoms with van der Waals surface area (Å²) in [4.78, 5) is 65.7. The molecule has 1 saturated heterocycles. The van der Waals surface area contributed by atoms with Crippen LogP contribution in [0.25, 0.3) is 0 Å². The highest BCUT2D eigenvalue weighted by molar-refractivity contribution is 6.06. The number of nitrogens with zero attached hydrogens (tertiary/aromatic N) is 2. The quantitative estimate of drug-likeness (QED) is 0.391. The van der Waals surface area contributed by atoms with Crippen LogP contribution < -0.4 is 16.0 Å². The first-order chi connectivity index (χ1) is 20.1. The van der Waals surface area contributed by atoms with Gasteiger partial charge in [-0.25, -0.2) is 23.7 Å². The number of anilines is 1. The Morgan fingerprint density at radius 3 is 2.48 bits per heavy atom. The summed E-state index contributed by atoms with van der Waals surface area (Å²) in [7, 11) is 1.49. The predicted molar refractivity (Wildman–Crippen MR) is 147 cm³/mol. The number of fused-ring (bicyclic) bond motifs is 2. The minimum Gasteiger partial charge on any atom is -0.465 e. The number of carboxylic acid groups (broad SMARTS) is 1. The van der Waals surface area contributed by atoms with E-state index in [9.17, 15) is 28.4 Å². The van der Waals surface area contributed by atoms with Crippen LogP contribution >= 0.6 is 0 Å². The zero-order valence-electron chi connectivity index (χ0n) is 23.0. The van der Waals surface area contributed by atoms with Crippen molar-refractivity contribution in [3.8, 4) is 0 Å². The van der Waals surface area contributed by atoms with Crippen molar-refractivity contribution >= 4 is 35.7 Å². The maximum atomic E-state index is 13.7. The number of nitrogens with one attached hydrogen (secondary N) is 3. The number of hydrogen-bond donors (Lipinski definition) is 4. The second-order valence-electron chi connectivity index (χ2n) is 10.8. The molecule has 1 atom stereocenters. The molecule has 0 aromatic heterocycles. The Labute approximate surface area is 241 Å². The third-order valence-corrected chi connectivity index (χ3v) is 8.19. The van der Waals surface area contributed by atoms with E-state index in [4.69, 9.17) is 9.84 Å². The molecule has 2 fully saturated rings. The van der Waals surface area contributed by atoms with Gasteiger partial charge >= 0.3 is 18.2 Å². The average Bonchev–Trinajstić information content (AvgIpc) is 3.44. The number of halogens is 1. The Morgan fingerprint density at radius 1 is 1.10 bits per heavy atom. The lowest BCUT2D eigenvalue weighted by Crippen LogP contribution is -2.50. The second kappa shape index (κ2) is 11.7. The molecule has 1 heterocycles. The predicted octanol–water partition coefficient (Wildman–Crippen LogP) is 3.30. The summed E-state index contributed by atoms with van der Waals surface area (Å²) >= 11 is 0. The Hall–Kier alpha value is -4.68. The molecular formula is C29H32FN5O7. The van der Waals surface area contributed by atoms with E-state index in [1.807, 2.05) is 0 Å². The fourth-order valence-corrected chi connectivity index (χ4v) is 6.06. The first kappa shape index (κ1) is 28.8. The molecule has 13 heteroatoms. The molecule has 2 aromatic carbocycles. The minimum atomic E-state index is -1.54. The van der Waals surface area contributed by atoms with Gasteiger partial charge in [-0.2, -0.15) is 0 Å². The van der Waals surface area contributed by atoms with Crippen molar-refractivity contribution in [2.75, 3.05) is 18.9 Å². The number of aryl methyl sites for hydroxylation is 1. The summed E-state index contributed by atoms with van der Waals surface area (Å²) in [6.45, 7) is -0.396. The average molecular weight is 582 g/mol. The van der Waals surface area contributed by atoms with Crippen LogP contribution in [-0.2, 0) is 32.9 Å². The van der Waals surface area contributed by atoms with Crippen molar-refractivity contribution in [1.29, 1.82) is 0 Å². The van der Waals surface area contributed by atoms with Gasteiger partial charge in [0.25, 0.3) is 5.91 Å². The third kappa shape index (κ3) is 5.71. The topological polar surface area (TPSA) is 157 Å². The molecular weight excluding hydrogens is 549 g/mol. The maximum Gasteiger partial charge on any atom is 0.418 e. The smallest absolute Gasteiger partial charge is 0.418 e. The molecule has 1 spiro atoms. The first-order valence-corrected chi connectivity index (χ1v) is 13.8. The lowest BCUT2D eigenvalue weighted by atomic mass is 9.89. The molecule has 222 valence electrons. The van der Waals surface area contributed by atoms with Crippen molar-refractivity contribution < 1.29 is 38.2 Å². The van der Waals surface area contributed by atoms with E-state index in [1.165, 1.54) is 19.2 Å². The van der Waals surface area contributed by atoms with Gasteiger partial charge in [-0.1, -0.05) is 18.2 Å². The van der Waals surface area contributed by atoms with Gasteiger partial charge < -0.3 is 30.7 Å². The summed E-state index contributed by atoms with van der Waals surface area (Å²) in [5.74, 6) is -1.51. The van der Waals surface area contributed by atoms with E-state index in [2.05, 4.69) is 16.0 Å². The van der Waals surface area contributed by atoms with Crippen LogP contribution in [-0.4, -0.2) is 70.6 Å². The van der Waals surface area contributed by atoms with Crippen molar-refractivity contribution in [1.82, 2.24) is 20.4 Å². The van der Waals surface area contributed by atoms with E-state index in [1.54, 1.807) is 35.2 Å². The van der Waals surface area contributed by atoms with Gasteiger partial charge in [-0.05, 0) is 67.5 Å². The van der Waals surface area contributed by atoms with Crippen LogP contribution in [0.2, 0.25) is 0 Å². The summed E-state index contributed by atoms with van der Waals surface area (Å²) in [6.07, 6.45) is 0.691. The van der Waals surface area contributed by atoms with Crippen molar-refractivity contribution in [3.05, 3.63) is 65.0 Å². The van der Waals surface area contributed by atoms with Gasteiger partial charge in [-0.3, -0.25) is 9.59 Å². The second-order valence-corrected chi connectivity index (χ2v) is 10.8. The number of amides is 6. The first-order valence-electron chi connectivity index (χ1n) is 13.8. The molecule has 1 aliphatic heterocycles. The van der Waals surface area contributed by atoms with Gasteiger partial charge in [-0.15, -0.1) is 0 Å². The van der Waals surface area contributed by atoms with Crippen LogP contribution in [0, 0.1) is 5.82 Å². The third-order valence-electron chi connectivity index (χ3n) is 8.19. The van der Waals surface area contributed by atoms with Gasteiger partial charge in [0.1, 0.15) is 12.4 Å². The minimum absolute atomic E-state index is 0.132. The molecule has 42 heavy (non-hydrogen) atoms. The van der Waals surface area contributed by atoms with E-state index >= 15 is 0 Å². The summed E-state index contributed by atoms with van der Waals surface area (Å²) in [6, 6.07) is 9.83. The van der Waals surface area contributed by atoms with Gasteiger partial charge in [0.05, 0.1) is 0 Å². The van der Waals surface area contributed by atoms with Crippen LogP contribution in [0.1, 0.15) is 48.8 Å². The molecule has 3 aliphatic rings. The standard InChI is InChI=1S/C29H32FN5O7/c1-31-26(38)32-21-8-11-23-18(14-21)12-13-29(23)25(37)35(28(41)42-29)16-24(36)34(15-17-2-4-19(30)5-3-17)22-9-6-20(7-10-22)33-27(39)40/h2-5,8,11,14,20,22,33H,6-7,9-10,12-13,15-16H2,1H3,(H,39,40)(H2,31,32,38)/t20-,22-,29-/m1/s1. The fraction of sp³-hybridized carbons (Fsp3) is 0.414. The van der Waals surface area contributed by atoms with Crippen LogP contribution in [0.4, 0.5) is 24.5 Å². The van der Waals surface area contributed by atoms with Gasteiger partial charge in [0.2, 0.25) is 11.5 Å². The molecule has 0 bridgehead atoms. The van der Waals surface area contributed by atoms with Crippen LogP contribution in [0.5, 0.6) is 0 Å². The van der Waals surface area contributed by atoms with Crippen molar-refractivity contribution in [2.24, 2.45) is 0 Å². The molecule has 2 aliphatic carbocycles. The van der Waals surface area contributed by atoms with E-state index in [-0.39, 0.29) is 25.0 Å². The lowest BCUT2D eigenvalue weighted by Gasteiger charge is -2.37. The zero-order chi connectivity index (χ0) is 30.0. The van der Waals surface area contributed by atoms with Crippen molar-refractivity contribution in [3.63, 3.8) is 0 Å². The van der Waals surface area contributed by atoms with E-state index in [0.29, 0.717) is 48.9 Å². The molecule has 12 nitrogen and oxygen atoms in total. The number of ether oxygens (including phenoxy) is 1. The van der Waals surface area contributed by atoms with E-state index < -0.39 is 48.0 Å². The van der Waals surface area contributed by atoms with Crippen LogP contribution in [0.15, 0.2) is 42.5 Å². The monoisotopic (exact) mass is 581 g/mol. The van der Waals surface area contributed by atoms with E-state index in [0.717, 1.165) is 10.5 Å². The highest BCUT2D eigenvalue weighted by Crippen LogP contribution is 2.46. The SMILES string of the molecule is CNC(=O)Nc1ccc2c(c1)CC[C@@]21OC(=O)N(CC(=O)N(Cc2ccc(F)cc2)[C@H]2CC[C@H](NC(=O)O)CC2)C1=O. The Morgan fingerprint density at radius 2 is 1.81 bits per heavy atom. The Kier molecular flexibility index (Phi) is 8.01. The van der Waals surface area contributed by atoms with Gasteiger partial charge in [0.15, 0.2) is 0 Å². The highest BCUT2D eigenvalue weighted by Gasteiger charge is 2.58. The molecule has 0 radical (unpaired) electrons. The highest BCUT2D eigenvalue weighted by atomic mass is 19.1. The number of urea groups is 1. The van der Waals surface area contributed by atoms with Gasteiger partial charge in [0, 0.05) is 43.3 Å². The summed E-state index contributed by atoms with van der Waals surface area (Å²) < 4.78 is 19.2. The summed E-state index contributed by atoms with van der Waals surface area (Å²) in [5, 5.41) is 16.7. The Balaban J connectivity index is 1.33. The van der Waals surface area contributed by atoms with Crippen LogP contribution in [0.3, 0.4) is 0 Å². The number of carbonyl (C=O) groups is 5. The largest absolute Gasteiger partial charge is 0.465 e. The molecule has 0 unspecified atom stereocenters. The molecule has 4 N–H and O–H groups in total. The zero-order valence-corrected chi connectivity index (χ0v) is 23.0. The summed E-state index contributed by atoms with van der Waals surface area (Å²) in [5.41, 5.74) is 0.932. The normalized spacial score (nSPS) is 22.9. The van der Waals surface area contributed by atoms with Crippen molar-refractivity contribution in [2.45, 2.75) is 62.8 Å². The number of benzene rings is 2. The lowest BCUT2D eigenvalue weighted by molar-refractivity contribution is -0.143. The number of carbonyl (C=O) groups excluding carboxylic acids is 4. The number of imide groups is 1. The fourth-order valence-electron chi connectivity index (χ4n) is 6.06. The molecule has 1 saturated carbocycles. The Bertz CT molecular complexity index is 1410. The number of rotatable bonds is 7. The molecule has 2 aromatic rings. The number of hydrogen-bond acceptors (Lipinski definition) is 6. The maximum absolute atomic E-state index is 13.7. The molecule has 5 rings (SSSR count).